The number of aliphatic hydroxyl groups excluding tert-OH is 4. The lowest BCUT2D eigenvalue weighted by Crippen LogP contribution is -2.59. The van der Waals surface area contributed by atoms with Crippen molar-refractivity contribution in [3.8, 4) is 0 Å². The van der Waals surface area contributed by atoms with Crippen LogP contribution < -0.4 is 0 Å². The van der Waals surface area contributed by atoms with Gasteiger partial charge in [0.25, 0.3) is 0 Å². The first-order valence-electron chi connectivity index (χ1n) is 7.70. The van der Waals surface area contributed by atoms with E-state index in [9.17, 15) is 15.3 Å². The van der Waals surface area contributed by atoms with Gasteiger partial charge in [0.2, 0.25) is 0 Å². The molecule has 1 heterocycles. The molecule has 1 fully saturated rings. The number of aliphatic hydroxyl groups is 4. The van der Waals surface area contributed by atoms with Crippen LogP contribution in [0.3, 0.4) is 0 Å². The van der Waals surface area contributed by atoms with Crippen molar-refractivity contribution in [1.82, 2.24) is 0 Å². The van der Waals surface area contributed by atoms with Crippen LogP contribution in [0.1, 0.15) is 17.5 Å². The van der Waals surface area contributed by atoms with Crippen molar-refractivity contribution >= 4 is 6.08 Å². The summed E-state index contributed by atoms with van der Waals surface area (Å²) in [5.41, 5.74) is 2.22. The largest absolute Gasteiger partial charge is 0.394 e. The predicted octanol–water partition coefficient (Wildman–Crippen LogP) is 0.0787. The minimum Gasteiger partial charge on any atom is -0.394 e. The number of hydrogen-bond donors (Lipinski definition) is 4. The van der Waals surface area contributed by atoms with Crippen molar-refractivity contribution in [3.63, 3.8) is 0 Å². The molecule has 2 rings (SSSR count). The van der Waals surface area contributed by atoms with Gasteiger partial charge in [-0.25, -0.2) is 0 Å². The van der Waals surface area contributed by atoms with Crippen molar-refractivity contribution in [2.24, 2.45) is 0 Å². The van der Waals surface area contributed by atoms with E-state index < -0.39 is 37.3 Å². The average molecular weight is 324 g/mol. The molecule has 0 bridgehead atoms. The molecule has 1 aromatic rings. The summed E-state index contributed by atoms with van der Waals surface area (Å²) < 4.78 is 10.7. The zero-order valence-corrected chi connectivity index (χ0v) is 12.9. The molecule has 1 aromatic carbocycles. The van der Waals surface area contributed by atoms with Gasteiger partial charge in [-0.2, -0.15) is 0 Å². The third-order valence-electron chi connectivity index (χ3n) is 3.96. The van der Waals surface area contributed by atoms with E-state index in [-0.39, 0.29) is 0 Å². The maximum absolute atomic E-state index is 9.84. The molecular formula is C17H24O6. The van der Waals surface area contributed by atoms with E-state index in [1.165, 1.54) is 0 Å². The van der Waals surface area contributed by atoms with Gasteiger partial charge >= 0.3 is 0 Å². The van der Waals surface area contributed by atoms with Crippen LogP contribution in [0.5, 0.6) is 0 Å². The second-order valence-electron chi connectivity index (χ2n) is 5.62. The Hall–Kier alpha value is -1.28. The lowest BCUT2D eigenvalue weighted by molar-refractivity contribution is -0.301. The first kappa shape index (κ1) is 18.1. The lowest BCUT2D eigenvalue weighted by atomic mass is 9.99. The topological polar surface area (TPSA) is 99.4 Å². The summed E-state index contributed by atoms with van der Waals surface area (Å²) in [5, 5.41) is 38.3. The second kappa shape index (κ2) is 8.54. The monoisotopic (exact) mass is 324 g/mol. The summed E-state index contributed by atoms with van der Waals surface area (Å²) in [7, 11) is 0. The number of benzene rings is 1. The van der Waals surface area contributed by atoms with E-state index in [2.05, 4.69) is 6.58 Å². The quantitative estimate of drug-likeness (QED) is 0.530. The molecule has 0 saturated carbocycles. The maximum atomic E-state index is 9.84. The Bertz CT molecular complexity index is 486. The Balaban J connectivity index is 1.77. The van der Waals surface area contributed by atoms with Crippen LogP contribution in [0.4, 0.5) is 0 Å². The molecular weight excluding hydrogens is 300 g/mol. The summed E-state index contributed by atoms with van der Waals surface area (Å²) in [6, 6.07) is 8.01. The standard InChI is InChI=1S/C17H24O6/c1-2-11-5-7-12(8-6-11)4-3-9-22-17-16(21)15(20)14(19)13(10-18)23-17/h2,5-8,13-21H,1,3-4,9-10H2/t13-,14-,15+,16-,17-/m1/s1. The number of aryl methyl sites for hydroxylation is 1. The van der Waals surface area contributed by atoms with Crippen molar-refractivity contribution in [2.75, 3.05) is 13.2 Å². The summed E-state index contributed by atoms with van der Waals surface area (Å²) in [6.45, 7) is 3.57. The first-order chi connectivity index (χ1) is 11.1. The predicted molar refractivity (Wildman–Crippen MR) is 84.6 cm³/mol. The van der Waals surface area contributed by atoms with Crippen LogP contribution in [0.2, 0.25) is 0 Å². The third kappa shape index (κ3) is 4.60. The van der Waals surface area contributed by atoms with Crippen LogP contribution in [0.25, 0.3) is 6.08 Å². The molecule has 0 amide bonds. The highest BCUT2D eigenvalue weighted by atomic mass is 16.7. The molecule has 6 nitrogen and oxygen atoms in total. The highest BCUT2D eigenvalue weighted by Gasteiger charge is 2.43. The van der Waals surface area contributed by atoms with E-state index in [1.807, 2.05) is 24.3 Å². The molecule has 6 heteroatoms. The fraction of sp³-hybridized carbons (Fsp3) is 0.529. The molecule has 1 aliphatic heterocycles. The van der Waals surface area contributed by atoms with Crippen LogP contribution in [-0.2, 0) is 15.9 Å². The lowest BCUT2D eigenvalue weighted by Gasteiger charge is -2.39. The number of hydrogen-bond acceptors (Lipinski definition) is 6. The number of rotatable bonds is 7. The minimum absolute atomic E-state index is 0.325. The third-order valence-corrected chi connectivity index (χ3v) is 3.96. The van der Waals surface area contributed by atoms with E-state index >= 15 is 0 Å². The Morgan fingerprint density at radius 2 is 1.78 bits per heavy atom. The molecule has 4 N–H and O–H groups in total. The summed E-state index contributed by atoms with van der Waals surface area (Å²) >= 11 is 0. The highest BCUT2D eigenvalue weighted by molar-refractivity contribution is 5.47. The highest BCUT2D eigenvalue weighted by Crippen LogP contribution is 2.22. The Morgan fingerprint density at radius 1 is 1.09 bits per heavy atom. The van der Waals surface area contributed by atoms with Gasteiger partial charge in [-0.3, -0.25) is 0 Å². The SMILES string of the molecule is C=Cc1ccc(CCCO[C@@H]2O[C@H](CO)[C@@H](O)[C@H](O)[C@H]2O)cc1. The van der Waals surface area contributed by atoms with Crippen molar-refractivity contribution in [2.45, 2.75) is 43.5 Å². The van der Waals surface area contributed by atoms with E-state index in [0.717, 1.165) is 17.5 Å². The Morgan fingerprint density at radius 3 is 2.39 bits per heavy atom. The molecule has 0 unspecified atom stereocenters. The summed E-state index contributed by atoms with van der Waals surface area (Å²) in [4.78, 5) is 0. The van der Waals surface area contributed by atoms with Gasteiger partial charge in [-0.15, -0.1) is 0 Å². The molecule has 23 heavy (non-hydrogen) atoms. The summed E-state index contributed by atoms with van der Waals surface area (Å²) in [6.07, 6.45) is -2.82. The zero-order chi connectivity index (χ0) is 16.8. The van der Waals surface area contributed by atoms with Crippen LogP contribution in [0.15, 0.2) is 30.8 Å². The zero-order valence-electron chi connectivity index (χ0n) is 12.9. The smallest absolute Gasteiger partial charge is 0.186 e. The molecule has 128 valence electrons. The van der Waals surface area contributed by atoms with Gasteiger partial charge in [-0.1, -0.05) is 36.9 Å². The molecule has 0 aromatic heterocycles. The van der Waals surface area contributed by atoms with Crippen LogP contribution in [-0.4, -0.2) is 64.3 Å². The van der Waals surface area contributed by atoms with Crippen LogP contribution in [0, 0.1) is 0 Å². The van der Waals surface area contributed by atoms with Gasteiger partial charge < -0.3 is 29.9 Å². The molecule has 0 aliphatic carbocycles. The second-order valence-corrected chi connectivity index (χ2v) is 5.62. The fourth-order valence-corrected chi connectivity index (χ4v) is 2.50. The first-order valence-corrected chi connectivity index (χ1v) is 7.70. The van der Waals surface area contributed by atoms with Crippen LogP contribution >= 0.6 is 0 Å². The van der Waals surface area contributed by atoms with E-state index in [4.69, 9.17) is 14.6 Å². The van der Waals surface area contributed by atoms with Gasteiger partial charge in [0.1, 0.15) is 24.4 Å². The van der Waals surface area contributed by atoms with Crippen molar-refractivity contribution < 1.29 is 29.9 Å². The summed E-state index contributed by atoms with van der Waals surface area (Å²) in [5.74, 6) is 0. The minimum atomic E-state index is -1.41. The molecule has 1 aliphatic rings. The fourth-order valence-electron chi connectivity index (χ4n) is 2.50. The maximum Gasteiger partial charge on any atom is 0.186 e. The molecule has 0 spiro atoms. The molecule has 5 atom stereocenters. The van der Waals surface area contributed by atoms with Gasteiger partial charge in [0.15, 0.2) is 6.29 Å². The Labute approximate surface area is 135 Å². The molecule has 0 radical (unpaired) electrons. The van der Waals surface area contributed by atoms with Gasteiger partial charge in [-0.05, 0) is 24.0 Å². The van der Waals surface area contributed by atoms with E-state index in [0.29, 0.717) is 13.0 Å². The van der Waals surface area contributed by atoms with Gasteiger partial charge in [0, 0.05) is 0 Å². The average Bonchev–Trinajstić information content (AvgIpc) is 2.59. The van der Waals surface area contributed by atoms with E-state index in [1.54, 1.807) is 6.08 Å². The van der Waals surface area contributed by atoms with Crippen molar-refractivity contribution in [3.05, 3.63) is 42.0 Å². The normalized spacial score (nSPS) is 31.0. The Kier molecular flexibility index (Phi) is 6.71. The molecule has 1 saturated heterocycles. The van der Waals surface area contributed by atoms with Gasteiger partial charge in [0.05, 0.1) is 13.2 Å². The van der Waals surface area contributed by atoms with Crippen molar-refractivity contribution in [1.29, 1.82) is 0 Å². The number of ether oxygens (including phenoxy) is 2.